The predicted molar refractivity (Wildman–Crippen MR) is 97.9 cm³/mol. The zero-order valence-electron chi connectivity index (χ0n) is 14.8. The van der Waals surface area contributed by atoms with E-state index in [1.165, 1.54) is 0 Å². The van der Waals surface area contributed by atoms with Crippen LogP contribution in [0.3, 0.4) is 0 Å². The van der Waals surface area contributed by atoms with E-state index >= 15 is 0 Å². The minimum Gasteiger partial charge on any atom is -0.493 e. The van der Waals surface area contributed by atoms with Crippen LogP contribution < -0.4 is 21.0 Å². The standard InChI is InChI=1S/C19H20N2O5/c1-11(8-12-4-6-16(24-2)17(9-12)25-3)18(22)21-14-10-13(20)5-7-15(14)26-19(21)23/h4-7,9-11H,8,20H2,1-3H3. The zero-order chi connectivity index (χ0) is 18.8. The molecular formula is C19H20N2O5. The van der Waals surface area contributed by atoms with Crippen LogP contribution in [0.4, 0.5) is 5.69 Å². The van der Waals surface area contributed by atoms with E-state index in [1.54, 1.807) is 45.4 Å². The number of aromatic nitrogens is 1. The van der Waals surface area contributed by atoms with E-state index < -0.39 is 11.7 Å². The van der Waals surface area contributed by atoms with Gasteiger partial charge in [-0.3, -0.25) is 4.79 Å². The summed E-state index contributed by atoms with van der Waals surface area (Å²) in [6.45, 7) is 1.76. The Morgan fingerprint density at radius 1 is 1.15 bits per heavy atom. The van der Waals surface area contributed by atoms with Crippen molar-refractivity contribution in [2.75, 3.05) is 20.0 Å². The number of rotatable bonds is 5. The Labute approximate surface area is 149 Å². The van der Waals surface area contributed by atoms with Crippen LogP contribution in [-0.2, 0) is 6.42 Å². The number of methoxy groups -OCH3 is 2. The molecule has 0 bridgehead atoms. The van der Waals surface area contributed by atoms with Crippen LogP contribution in [0.2, 0.25) is 0 Å². The molecule has 2 N–H and O–H groups in total. The minimum absolute atomic E-state index is 0.330. The topological polar surface area (TPSA) is 96.7 Å². The summed E-state index contributed by atoms with van der Waals surface area (Å²) in [5, 5.41) is 0. The number of ether oxygens (including phenoxy) is 2. The highest BCUT2D eigenvalue weighted by atomic mass is 16.5. The normalized spacial score (nSPS) is 12.1. The first-order valence-corrected chi connectivity index (χ1v) is 8.10. The monoisotopic (exact) mass is 356 g/mol. The van der Waals surface area contributed by atoms with E-state index in [9.17, 15) is 9.59 Å². The van der Waals surface area contributed by atoms with E-state index in [1.807, 2.05) is 12.1 Å². The van der Waals surface area contributed by atoms with Gasteiger partial charge in [-0.1, -0.05) is 13.0 Å². The molecule has 0 saturated carbocycles. The van der Waals surface area contributed by atoms with Crippen LogP contribution >= 0.6 is 0 Å². The molecule has 1 heterocycles. The highest BCUT2D eigenvalue weighted by Crippen LogP contribution is 2.28. The Bertz CT molecular complexity index is 1020. The third-order valence-corrected chi connectivity index (χ3v) is 4.24. The molecule has 0 spiro atoms. The number of nitrogens with two attached hydrogens (primary N) is 1. The Morgan fingerprint density at radius 3 is 2.58 bits per heavy atom. The summed E-state index contributed by atoms with van der Waals surface area (Å²) in [6.07, 6.45) is 0.431. The number of oxazole rings is 1. The van der Waals surface area contributed by atoms with Gasteiger partial charge in [-0.15, -0.1) is 0 Å². The van der Waals surface area contributed by atoms with Gasteiger partial charge in [-0.2, -0.15) is 0 Å². The molecule has 2 aromatic carbocycles. The molecule has 1 atom stereocenters. The number of hydrogen-bond acceptors (Lipinski definition) is 6. The molecule has 0 fully saturated rings. The fourth-order valence-electron chi connectivity index (χ4n) is 2.91. The molecule has 3 aromatic rings. The predicted octanol–water partition coefficient (Wildman–Crippen LogP) is 2.71. The summed E-state index contributed by atoms with van der Waals surface area (Å²) in [6, 6.07) is 10.2. The van der Waals surface area contributed by atoms with Gasteiger partial charge in [0.1, 0.15) is 5.52 Å². The molecule has 7 nitrogen and oxygen atoms in total. The fraction of sp³-hybridized carbons (Fsp3) is 0.263. The second-order valence-electron chi connectivity index (χ2n) is 6.06. The molecule has 7 heteroatoms. The third kappa shape index (κ3) is 3.15. The van der Waals surface area contributed by atoms with E-state index in [-0.39, 0.29) is 5.91 Å². The van der Waals surface area contributed by atoms with Crippen molar-refractivity contribution in [3.63, 3.8) is 0 Å². The second kappa shape index (κ2) is 6.95. The lowest BCUT2D eigenvalue weighted by Crippen LogP contribution is -2.28. The summed E-state index contributed by atoms with van der Waals surface area (Å²) in [5.74, 6) is -0.317. The lowest BCUT2D eigenvalue weighted by Gasteiger charge is -2.13. The van der Waals surface area contributed by atoms with E-state index in [0.717, 1.165) is 10.1 Å². The van der Waals surface area contributed by atoms with Crippen molar-refractivity contribution >= 4 is 22.7 Å². The van der Waals surface area contributed by atoms with Crippen LogP contribution in [0.15, 0.2) is 45.6 Å². The average Bonchev–Trinajstić information content (AvgIpc) is 2.95. The SMILES string of the molecule is COc1ccc(CC(C)C(=O)n2c(=O)oc3ccc(N)cc32)cc1OC. The maximum absolute atomic E-state index is 12.8. The smallest absolute Gasteiger partial charge is 0.426 e. The van der Waals surface area contributed by atoms with Gasteiger partial charge in [0.15, 0.2) is 17.1 Å². The Hall–Kier alpha value is -3.22. The van der Waals surface area contributed by atoms with Crippen molar-refractivity contribution < 1.29 is 18.7 Å². The van der Waals surface area contributed by atoms with Crippen molar-refractivity contribution in [3.05, 3.63) is 52.5 Å². The highest BCUT2D eigenvalue weighted by Gasteiger charge is 2.22. The molecule has 0 aliphatic heterocycles. The summed E-state index contributed by atoms with van der Waals surface area (Å²) >= 11 is 0. The lowest BCUT2D eigenvalue weighted by atomic mass is 9.99. The Balaban J connectivity index is 1.90. The maximum Gasteiger partial charge on any atom is 0.426 e. The second-order valence-corrected chi connectivity index (χ2v) is 6.06. The Kier molecular flexibility index (Phi) is 4.71. The van der Waals surface area contributed by atoms with E-state index in [4.69, 9.17) is 19.6 Å². The van der Waals surface area contributed by atoms with Gasteiger partial charge in [-0.05, 0) is 42.3 Å². The molecule has 3 rings (SSSR count). The molecule has 26 heavy (non-hydrogen) atoms. The largest absolute Gasteiger partial charge is 0.493 e. The molecule has 136 valence electrons. The van der Waals surface area contributed by atoms with Gasteiger partial charge in [-0.25, -0.2) is 9.36 Å². The van der Waals surface area contributed by atoms with Gasteiger partial charge in [0, 0.05) is 11.6 Å². The fourth-order valence-corrected chi connectivity index (χ4v) is 2.91. The first-order chi connectivity index (χ1) is 12.4. The Morgan fingerprint density at radius 2 is 1.88 bits per heavy atom. The number of nitrogen functional groups attached to an aromatic ring is 1. The van der Waals surface area contributed by atoms with Crippen LogP contribution in [0.25, 0.3) is 11.1 Å². The molecular weight excluding hydrogens is 336 g/mol. The van der Waals surface area contributed by atoms with E-state index in [2.05, 4.69) is 0 Å². The molecule has 0 amide bonds. The van der Waals surface area contributed by atoms with Gasteiger partial charge in [0.25, 0.3) is 0 Å². The quantitative estimate of drug-likeness (QED) is 0.706. The molecule has 1 aromatic heterocycles. The van der Waals surface area contributed by atoms with Crippen molar-refractivity contribution in [3.8, 4) is 11.5 Å². The van der Waals surface area contributed by atoms with Gasteiger partial charge < -0.3 is 19.6 Å². The number of hydrogen-bond donors (Lipinski definition) is 1. The number of carbonyl (C=O) groups excluding carboxylic acids is 1. The van der Waals surface area contributed by atoms with Crippen molar-refractivity contribution in [1.29, 1.82) is 0 Å². The first kappa shape index (κ1) is 17.6. The van der Waals surface area contributed by atoms with Gasteiger partial charge in [0.2, 0.25) is 5.91 Å². The molecule has 0 aliphatic rings. The first-order valence-electron chi connectivity index (χ1n) is 8.10. The summed E-state index contributed by atoms with van der Waals surface area (Å²) in [7, 11) is 3.11. The maximum atomic E-state index is 12.8. The van der Waals surface area contributed by atoms with Crippen LogP contribution in [0.5, 0.6) is 11.5 Å². The number of benzene rings is 2. The van der Waals surface area contributed by atoms with Crippen LogP contribution in [0.1, 0.15) is 17.3 Å². The summed E-state index contributed by atoms with van der Waals surface area (Å²) < 4.78 is 16.7. The average molecular weight is 356 g/mol. The van der Waals surface area contributed by atoms with Crippen molar-refractivity contribution in [2.24, 2.45) is 5.92 Å². The van der Waals surface area contributed by atoms with Crippen molar-refractivity contribution in [1.82, 2.24) is 4.57 Å². The lowest BCUT2D eigenvalue weighted by molar-refractivity contribution is 0.0840. The van der Waals surface area contributed by atoms with Gasteiger partial charge in [0.05, 0.1) is 14.2 Å². The summed E-state index contributed by atoms with van der Waals surface area (Å²) in [5.41, 5.74) is 7.81. The molecule has 1 unspecified atom stereocenters. The van der Waals surface area contributed by atoms with Crippen LogP contribution in [0, 0.1) is 5.92 Å². The minimum atomic E-state index is -0.713. The highest BCUT2D eigenvalue weighted by molar-refractivity contribution is 5.91. The van der Waals surface area contributed by atoms with E-state index in [0.29, 0.717) is 34.7 Å². The number of anilines is 1. The number of nitrogens with zero attached hydrogens (tertiary/aromatic N) is 1. The van der Waals surface area contributed by atoms with Crippen molar-refractivity contribution in [2.45, 2.75) is 13.3 Å². The third-order valence-electron chi connectivity index (χ3n) is 4.24. The number of carbonyl (C=O) groups is 1. The molecule has 0 radical (unpaired) electrons. The molecule has 0 aliphatic carbocycles. The van der Waals surface area contributed by atoms with Crippen LogP contribution in [-0.4, -0.2) is 24.7 Å². The molecule has 0 saturated heterocycles. The van der Waals surface area contributed by atoms with Gasteiger partial charge >= 0.3 is 5.76 Å². The summed E-state index contributed by atoms with van der Waals surface area (Å²) in [4.78, 5) is 25.0. The zero-order valence-corrected chi connectivity index (χ0v) is 14.8. The number of fused-ring (bicyclic) bond motifs is 1.